The molecular formula is C17H25N3O. The lowest BCUT2D eigenvalue weighted by molar-refractivity contribution is -0.122. The summed E-state index contributed by atoms with van der Waals surface area (Å²) in [7, 11) is 0. The van der Waals surface area contributed by atoms with Gasteiger partial charge in [0.15, 0.2) is 0 Å². The molecule has 0 aliphatic rings. The van der Waals surface area contributed by atoms with Crippen molar-refractivity contribution in [3.8, 4) is 12.3 Å². The molecule has 1 rings (SSSR count). The van der Waals surface area contributed by atoms with Crippen LogP contribution >= 0.6 is 0 Å². The van der Waals surface area contributed by atoms with E-state index in [-0.39, 0.29) is 18.4 Å². The van der Waals surface area contributed by atoms with Crippen molar-refractivity contribution in [2.75, 3.05) is 19.6 Å². The van der Waals surface area contributed by atoms with Crippen molar-refractivity contribution >= 4 is 5.91 Å². The Balaban J connectivity index is 2.75. The van der Waals surface area contributed by atoms with E-state index in [9.17, 15) is 4.79 Å². The second-order valence-electron chi connectivity index (χ2n) is 4.91. The van der Waals surface area contributed by atoms with Gasteiger partial charge in [-0.3, -0.25) is 9.69 Å². The van der Waals surface area contributed by atoms with Gasteiger partial charge in [0.2, 0.25) is 5.91 Å². The third-order valence-corrected chi connectivity index (χ3v) is 3.58. The highest BCUT2D eigenvalue weighted by Gasteiger charge is 2.20. The van der Waals surface area contributed by atoms with E-state index in [1.165, 1.54) is 5.56 Å². The summed E-state index contributed by atoms with van der Waals surface area (Å²) < 4.78 is 0. The van der Waals surface area contributed by atoms with E-state index < -0.39 is 6.04 Å². The number of likely N-dealkylation sites (N-methyl/N-ethyl adjacent to an activating group) is 1. The number of benzene rings is 1. The average molecular weight is 287 g/mol. The lowest BCUT2D eigenvalue weighted by Crippen LogP contribution is -2.44. The predicted octanol–water partition coefficient (Wildman–Crippen LogP) is 1.54. The number of nitrogens with two attached hydrogens (primary N) is 1. The molecule has 21 heavy (non-hydrogen) atoms. The number of terminal acetylenes is 1. The van der Waals surface area contributed by atoms with Gasteiger partial charge in [0.1, 0.15) is 0 Å². The van der Waals surface area contributed by atoms with Crippen molar-refractivity contribution in [3.63, 3.8) is 0 Å². The molecule has 0 radical (unpaired) electrons. The molecule has 1 amide bonds. The van der Waals surface area contributed by atoms with Crippen molar-refractivity contribution in [1.82, 2.24) is 10.2 Å². The summed E-state index contributed by atoms with van der Waals surface area (Å²) in [6.45, 7) is 6.60. The van der Waals surface area contributed by atoms with E-state index >= 15 is 0 Å². The lowest BCUT2D eigenvalue weighted by Gasteiger charge is -2.30. The molecule has 4 heteroatoms. The third-order valence-electron chi connectivity index (χ3n) is 3.58. The largest absolute Gasteiger partial charge is 0.353 e. The molecule has 1 aromatic carbocycles. The highest BCUT2D eigenvalue weighted by Crippen LogP contribution is 2.19. The fraction of sp³-hybridized carbons (Fsp3) is 0.471. The molecule has 2 unspecified atom stereocenters. The molecule has 0 aromatic heterocycles. The number of nitrogens with one attached hydrogen (secondary N) is 1. The van der Waals surface area contributed by atoms with Crippen molar-refractivity contribution in [2.24, 2.45) is 5.73 Å². The zero-order valence-electron chi connectivity index (χ0n) is 12.9. The normalized spacial score (nSPS) is 13.5. The summed E-state index contributed by atoms with van der Waals surface area (Å²) in [6.07, 6.45) is 5.44. The van der Waals surface area contributed by atoms with Gasteiger partial charge in [0.25, 0.3) is 0 Å². The molecule has 0 saturated carbocycles. The van der Waals surface area contributed by atoms with Gasteiger partial charge in [-0.05, 0) is 18.7 Å². The lowest BCUT2D eigenvalue weighted by atomic mass is 10.0. The number of hydrogen-bond acceptors (Lipinski definition) is 3. The molecule has 0 fully saturated rings. The molecule has 0 aliphatic heterocycles. The standard InChI is InChI=1S/C17H25N3O/c1-4-10-15(18)17(21)19-13-16(20(5-2)6-3)14-11-8-7-9-12-14/h1,7-9,11-12,15-16H,5-6,10,13,18H2,2-3H3,(H,19,21). The topological polar surface area (TPSA) is 58.4 Å². The van der Waals surface area contributed by atoms with E-state index in [0.717, 1.165) is 13.1 Å². The Kier molecular flexibility index (Phi) is 7.52. The van der Waals surface area contributed by atoms with Crippen molar-refractivity contribution in [3.05, 3.63) is 35.9 Å². The Bertz CT molecular complexity index is 463. The number of carbonyl (C=O) groups excluding carboxylic acids is 1. The molecule has 3 N–H and O–H groups in total. The molecule has 2 atom stereocenters. The highest BCUT2D eigenvalue weighted by atomic mass is 16.2. The average Bonchev–Trinajstić information content (AvgIpc) is 2.52. The van der Waals surface area contributed by atoms with Gasteiger partial charge in [0, 0.05) is 13.0 Å². The summed E-state index contributed by atoms with van der Waals surface area (Å²) >= 11 is 0. The molecule has 0 saturated heterocycles. The third kappa shape index (κ3) is 5.22. The second kappa shape index (κ2) is 9.17. The van der Waals surface area contributed by atoms with Crippen LogP contribution in [0, 0.1) is 12.3 Å². The molecule has 1 aromatic rings. The smallest absolute Gasteiger partial charge is 0.237 e. The summed E-state index contributed by atoms with van der Waals surface area (Å²) in [5.41, 5.74) is 6.91. The fourth-order valence-electron chi connectivity index (χ4n) is 2.35. The summed E-state index contributed by atoms with van der Waals surface area (Å²) in [5.74, 6) is 2.22. The van der Waals surface area contributed by atoms with Crippen LogP contribution in [0.5, 0.6) is 0 Å². The zero-order valence-corrected chi connectivity index (χ0v) is 12.9. The van der Waals surface area contributed by atoms with Crippen LogP contribution in [0.15, 0.2) is 30.3 Å². The van der Waals surface area contributed by atoms with Crippen LogP contribution in [0.4, 0.5) is 0 Å². The fourth-order valence-corrected chi connectivity index (χ4v) is 2.35. The van der Waals surface area contributed by atoms with Crippen LogP contribution in [0.1, 0.15) is 31.9 Å². The summed E-state index contributed by atoms with van der Waals surface area (Å²) in [5, 5.41) is 2.91. The zero-order chi connectivity index (χ0) is 15.7. The first-order valence-corrected chi connectivity index (χ1v) is 7.39. The van der Waals surface area contributed by atoms with E-state index in [2.05, 4.69) is 42.1 Å². The second-order valence-corrected chi connectivity index (χ2v) is 4.91. The number of carbonyl (C=O) groups is 1. The van der Waals surface area contributed by atoms with Crippen molar-refractivity contribution in [1.29, 1.82) is 0 Å². The van der Waals surface area contributed by atoms with E-state index in [1.807, 2.05) is 18.2 Å². The Morgan fingerprint density at radius 3 is 2.48 bits per heavy atom. The first-order valence-electron chi connectivity index (χ1n) is 7.39. The van der Waals surface area contributed by atoms with Gasteiger partial charge in [-0.25, -0.2) is 0 Å². The van der Waals surface area contributed by atoms with E-state index in [0.29, 0.717) is 6.54 Å². The maximum absolute atomic E-state index is 11.9. The maximum atomic E-state index is 11.9. The number of amides is 1. The van der Waals surface area contributed by atoms with Crippen LogP contribution in [-0.2, 0) is 4.79 Å². The minimum Gasteiger partial charge on any atom is -0.353 e. The highest BCUT2D eigenvalue weighted by molar-refractivity contribution is 5.81. The molecule has 0 spiro atoms. The van der Waals surface area contributed by atoms with Gasteiger partial charge >= 0.3 is 0 Å². The first-order chi connectivity index (χ1) is 10.1. The molecule has 0 bridgehead atoms. The van der Waals surface area contributed by atoms with E-state index in [1.54, 1.807) is 0 Å². The number of hydrogen-bond donors (Lipinski definition) is 2. The first kappa shape index (κ1) is 17.2. The Morgan fingerprint density at radius 1 is 1.33 bits per heavy atom. The molecule has 114 valence electrons. The van der Waals surface area contributed by atoms with Crippen LogP contribution < -0.4 is 11.1 Å². The summed E-state index contributed by atoms with van der Waals surface area (Å²) in [4.78, 5) is 14.2. The Hall–Kier alpha value is -1.83. The van der Waals surface area contributed by atoms with Crippen molar-refractivity contribution < 1.29 is 4.79 Å². The number of rotatable bonds is 8. The molecule has 4 nitrogen and oxygen atoms in total. The molecule has 0 heterocycles. The van der Waals surface area contributed by atoms with Gasteiger partial charge in [-0.2, -0.15) is 0 Å². The monoisotopic (exact) mass is 287 g/mol. The molecular weight excluding hydrogens is 262 g/mol. The Labute approximate surface area is 127 Å². The van der Waals surface area contributed by atoms with Gasteiger partial charge < -0.3 is 11.1 Å². The minimum absolute atomic E-state index is 0.142. The van der Waals surface area contributed by atoms with Crippen molar-refractivity contribution in [2.45, 2.75) is 32.4 Å². The van der Waals surface area contributed by atoms with Crippen LogP contribution in [0.25, 0.3) is 0 Å². The SMILES string of the molecule is C#CCC(N)C(=O)NCC(c1ccccc1)N(CC)CC. The predicted molar refractivity (Wildman–Crippen MR) is 86.5 cm³/mol. The summed E-state index contributed by atoms with van der Waals surface area (Å²) in [6, 6.07) is 9.68. The Morgan fingerprint density at radius 2 is 1.95 bits per heavy atom. The maximum Gasteiger partial charge on any atom is 0.237 e. The number of nitrogens with zero attached hydrogens (tertiary/aromatic N) is 1. The quantitative estimate of drug-likeness (QED) is 0.713. The van der Waals surface area contributed by atoms with Gasteiger partial charge in [-0.1, -0.05) is 44.2 Å². The minimum atomic E-state index is -0.636. The van der Waals surface area contributed by atoms with Gasteiger partial charge in [0.05, 0.1) is 12.1 Å². The van der Waals surface area contributed by atoms with E-state index in [4.69, 9.17) is 12.2 Å². The van der Waals surface area contributed by atoms with Gasteiger partial charge in [-0.15, -0.1) is 12.3 Å². The van der Waals surface area contributed by atoms with Crippen LogP contribution in [0.3, 0.4) is 0 Å². The van der Waals surface area contributed by atoms with Crippen LogP contribution in [-0.4, -0.2) is 36.5 Å². The molecule has 0 aliphatic carbocycles. The van der Waals surface area contributed by atoms with Crippen LogP contribution in [0.2, 0.25) is 0 Å².